The second kappa shape index (κ2) is 11.8. The molecule has 1 aromatic rings. The van der Waals surface area contributed by atoms with E-state index in [0.717, 1.165) is 29.9 Å². The van der Waals surface area contributed by atoms with Crippen LogP contribution >= 0.6 is 0 Å². The van der Waals surface area contributed by atoms with Crippen LogP contribution < -0.4 is 14.8 Å². The van der Waals surface area contributed by atoms with Crippen molar-refractivity contribution >= 4 is 6.09 Å². The monoisotopic (exact) mass is 409 g/mol. The van der Waals surface area contributed by atoms with Crippen molar-refractivity contribution in [1.29, 1.82) is 0 Å². The van der Waals surface area contributed by atoms with Gasteiger partial charge in [0, 0.05) is 37.8 Å². The molecule has 2 rings (SSSR count). The average molecular weight is 410 g/mol. The van der Waals surface area contributed by atoms with Crippen molar-refractivity contribution in [3.05, 3.63) is 23.8 Å². The number of carbonyl (C=O) groups is 1. The minimum atomic E-state index is -0.555. The van der Waals surface area contributed by atoms with Crippen LogP contribution in [0.5, 0.6) is 11.5 Å². The number of amides is 1. The van der Waals surface area contributed by atoms with Gasteiger partial charge in [-0.05, 0) is 52.1 Å². The summed E-state index contributed by atoms with van der Waals surface area (Å²) in [5.41, 5.74) is 0.981. The van der Waals surface area contributed by atoms with Gasteiger partial charge >= 0.3 is 6.09 Å². The number of likely N-dealkylation sites (N-methyl/N-ethyl adjacent to an activating group) is 1. The van der Waals surface area contributed by atoms with Gasteiger partial charge < -0.3 is 34.4 Å². The van der Waals surface area contributed by atoms with E-state index in [1.165, 1.54) is 0 Å². The van der Waals surface area contributed by atoms with Crippen LogP contribution in [-0.4, -0.2) is 87.2 Å². The Balaban J connectivity index is 1.89. The Kier molecular flexibility index (Phi) is 9.50. The first kappa shape index (κ1) is 23.3. The molecule has 1 heterocycles. The molecule has 0 aliphatic carbocycles. The molecule has 1 atom stereocenters. The van der Waals surface area contributed by atoms with Gasteiger partial charge in [-0.15, -0.1) is 0 Å². The Morgan fingerprint density at radius 1 is 1.34 bits per heavy atom. The second-order valence-electron chi connectivity index (χ2n) is 7.54. The zero-order valence-corrected chi connectivity index (χ0v) is 18.0. The molecule has 164 valence electrons. The van der Waals surface area contributed by atoms with Crippen LogP contribution in [0.15, 0.2) is 18.2 Å². The summed E-state index contributed by atoms with van der Waals surface area (Å²) in [5, 5.41) is 13.6. The van der Waals surface area contributed by atoms with E-state index in [1.807, 2.05) is 44.1 Å². The van der Waals surface area contributed by atoms with Crippen LogP contribution in [0.2, 0.25) is 0 Å². The fraction of sp³-hybridized carbons (Fsp3) is 0.667. The number of aliphatic hydroxyl groups excluding tert-OH is 1. The lowest BCUT2D eigenvalue weighted by Crippen LogP contribution is -2.44. The lowest BCUT2D eigenvalue weighted by molar-refractivity contribution is 0.0824. The van der Waals surface area contributed by atoms with Crippen LogP contribution in [0.1, 0.15) is 25.3 Å². The summed E-state index contributed by atoms with van der Waals surface area (Å²) in [6.07, 6.45) is 0.965. The smallest absolute Gasteiger partial charge is 0.409 e. The van der Waals surface area contributed by atoms with E-state index in [-0.39, 0.29) is 12.7 Å². The van der Waals surface area contributed by atoms with Crippen molar-refractivity contribution in [1.82, 2.24) is 15.1 Å². The molecule has 2 N–H and O–H groups in total. The highest BCUT2D eigenvalue weighted by Gasteiger charge is 2.23. The maximum absolute atomic E-state index is 11.8. The molecule has 8 nitrogen and oxygen atoms in total. The van der Waals surface area contributed by atoms with Crippen molar-refractivity contribution in [2.24, 2.45) is 0 Å². The maximum Gasteiger partial charge on any atom is 0.409 e. The number of rotatable bonds is 10. The number of nitrogens with zero attached hydrogens (tertiary/aromatic N) is 2. The molecule has 8 heteroatoms. The van der Waals surface area contributed by atoms with Gasteiger partial charge in [-0.2, -0.15) is 0 Å². The first-order valence-corrected chi connectivity index (χ1v) is 10.2. The van der Waals surface area contributed by atoms with Crippen molar-refractivity contribution in [3.63, 3.8) is 0 Å². The number of ether oxygens (including phenoxy) is 3. The summed E-state index contributed by atoms with van der Waals surface area (Å²) in [7, 11) is 5.47. The van der Waals surface area contributed by atoms with Crippen molar-refractivity contribution in [2.45, 2.75) is 38.5 Å². The van der Waals surface area contributed by atoms with E-state index in [1.54, 1.807) is 12.0 Å². The van der Waals surface area contributed by atoms with Crippen LogP contribution in [0.25, 0.3) is 0 Å². The molecular formula is C21H35N3O5. The summed E-state index contributed by atoms with van der Waals surface area (Å²) in [5.74, 6) is 1.50. The number of piperidine rings is 1. The number of nitrogens with one attached hydrogen (secondary N) is 1. The molecule has 0 radical (unpaired) electrons. The minimum Gasteiger partial charge on any atom is -0.497 e. The first-order valence-electron chi connectivity index (χ1n) is 10.2. The van der Waals surface area contributed by atoms with Crippen molar-refractivity contribution in [3.8, 4) is 11.5 Å². The lowest BCUT2D eigenvalue weighted by atomic mass is 10.0. The molecule has 0 unspecified atom stereocenters. The molecule has 1 amide bonds. The highest BCUT2D eigenvalue weighted by molar-refractivity contribution is 5.67. The Morgan fingerprint density at radius 2 is 2.07 bits per heavy atom. The van der Waals surface area contributed by atoms with E-state index in [0.29, 0.717) is 38.8 Å². The minimum absolute atomic E-state index is 0.231. The Bertz CT molecular complexity index is 633. The molecule has 1 saturated heterocycles. The molecule has 29 heavy (non-hydrogen) atoms. The fourth-order valence-electron chi connectivity index (χ4n) is 3.36. The molecule has 0 bridgehead atoms. The third-order valence-electron chi connectivity index (χ3n) is 4.88. The number of carbonyl (C=O) groups excluding carboxylic acids is 1. The predicted octanol–water partition coefficient (Wildman–Crippen LogP) is 1.71. The van der Waals surface area contributed by atoms with Gasteiger partial charge in [0.15, 0.2) is 0 Å². The zero-order valence-electron chi connectivity index (χ0n) is 18.0. The quantitative estimate of drug-likeness (QED) is 0.609. The normalized spacial score (nSPS) is 16.0. The van der Waals surface area contributed by atoms with Crippen LogP contribution in [-0.2, 0) is 11.3 Å². The SMILES string of the molecule is CCOC(=O)N1CCC(NCc2cc(OC)ccc2OC[C@@H](O)CN(C)C)CC1. The van der Waals surface area contributed by atoms with Crippen LogP contribution in [0, 0.1) is 0 Å². The third-order valence-corrected chi connectivity index (χ3v) is 4.88. The highest BCUT2D eigenvalue weighted by atomic mass is 16.6. The first-order chi connectivity index (χ1) is 13.9. The Morgan fingerprint density at radius 3 is 2.69 bits per heavy atom. The Labute approximate surface area is 173 Å². The van der Waals surface area contributed by atoms with Gasteiger partial charge in [-0.25, -0.2) is 4.79 Å². The van der Waals surface area contributed by atoms with Gasteiger partial charge in [0.05, 0.1) is 13.7 Å². The second-order valence-corrected chi connectivity index (χ2v) is 7.54. The average Bonchev–Trinajstić information content (AvgIpc) is 2.71. The number of likely N-dealkylation sites (tertiary alicyclic amines) is 1. The summed E-state index contributed by atoms with van der Waals surface area (Å²) in [6, 6.07) is 6.00. The van der Waals surface area contributed by atoms with Crippen molar-refractivity contribution < 1.29 is 24.1 Å². The molecule has 0 saturated carbocycles. The largest absolute Gasteiger partial charge is 0.497 e. The maximum atomic E-state index is 11.8. The molecule has 0 aromatic heterocycles. The summed E-state index contributed by atoms with van der Waals surface area (Å²) in [6.45, 7) is 5.00. The summed E-state index contributed by atoms with van der Waals surface area (Å²) >= 11 is 0. The van der Waals surface area contributed by atoms with Crippen molar-refractivity contribution in [2.75, 3.05) is 54.1 Å². The highest BCUT2D eigenvalue weighted by Crippen LogP contribution is 2.25. The number of hydrogen-bond acceptors (Lipinski definition) is 7. The molecule has 1 aromatic carbocycles. The van der Waals surface area contributed by atoms with Gasteiger partial charge in [0.1, 0.15) is 24.2 Å². The van der Waals surface area contributed by atoms with E-state index >= 15 is 0 Å². The lowest BCUT2D eigenvalue weighted by Gasteiger charge is -2.32. The fourth-order valence-corrected chi connectivity index (χ4v) is 3.36. The summed E-state index contributed by atoms with van der Waals surface area (Å²) in [4.78, 5) is 15.5. The number of benzene rings is 1. The number of methoxy groups -OCH3 is 1. The molecule has 0 spiro atoms. The van der Waals surface area contributed by atoms with Crippen LogP contribution in [0.4, 0.5) is 4.79 Å². The summed E-state index contributed by atoms with van der Waals surface area (Å²) < 4.78 is 16.3. The zero-order chi connectivity index (χ0) is 21.2. The molecular weight excluding hydrogens is 374 g/mol. The number of hydrogen-bond donors (Lipinski definition) is 2. The van der Waals surface area contributed by atoms with Gasteiger partial charge in [0.25, 0.3) is 0 Å². The van der Waals surface area contributed by atoms with E-state index in [2.05, 4.69) is 5.32 Å². The van der Waals surface area contributed by atoms with Crippen LogP contribution in [0.3, 0.4) is 0 Å². The molecule has 1 aliphatic heterocycles. The molecule has 1 fully saturated rings. The van der Waals surface area contributed by atoms with Gasteiger partial charge in [-0.1, -0.05) is 0 Å². The van der Waals surface area contributed by atoms with Gasteiger partial charge in [0.2, 0.25) is 0 Å². The standard InChI is InChI=1S/C21H35N3O5/c1-5-28-21(26)24-10-8-17(9-11-24)22-13-16-12-19(27-4)6-7-20(16)29-15-18(25)14-23(2)3/h6-7,12,17-18,22,25H,5,8-11,13-15H2,1-4H3/t18-/m0/s1. The Hall–Kier alpha value is -2.03. The van der Waals surface area contributed by atoms with Gasteiger partial charge in [-0.3, -0.25) is 0 Å². The topological polar surface area (TPSA) is 83.5 Å². The number of aliphatic hydroxyl groups is 1. The predicted molar refractivity (Wildman–Crippen MR) is 112 cm³/mol. The third kappa shape index (κ3) is 7.72. The van der Waals surface area contributed by atoms with E-state index in [4.69, 9.17) is 14.2 Å². The van der Waals surface area contributed by atoms with E-state index in [9.17, 15) is 9.90 Å². The molecule has 1 aliphatic rings. The van der Waals surface area contributed by atoms with E-state index < -0.39 is 6.10 Å².